The Kier molecular flexibility index (Phi) is 4.11. The zero-order chi connectivity index (χ0) is 14.7. The van der Waals surface area contributed by atoms with E-state index in [9.17, 15) is 0 Å². The summed E-state index contributed by atoms with van der Waals surface area (Å²) in [6.45, 7) is 2.90. The molecule has 0 saturated heterocycles. The fourth-order valence-electron chi connectivity index (χ4n) is 2.37. The molecule has 0 atom stereocenters. The minimum absolute atomic E-state index is 0.701. The van der Waals surface area contributed by atoms with Crippen molar-refractivity contribution in [3.63, 3.8) is 0 Å². The molecular weight excluding hydrogens is 282 g/mol. The van der Waals surface area contributed by atoms with Crippen molar-refractivity contribution in [3.8, 4) is 0 Å². The van der Waals surface area contributed by atoms with Gasteiger partial charge in [0.25, 0.3) is 0 Å². The van der Waals surface area contributed by atoms with E-state index in [2.05, 4.69) is 41.5 Å². The molecule has 3 nitrogen and oxygen atoms in total. The smallest absolute Gasteiger partial charge is 0.137 e. The average Bonchev–Trinajstić information content (AvgIpc) is 2.89. The summed E-state index contributed by atoms with van der Waals surface area (Å²) in [5, 5.41) is 4.11. The van der Waals surface area contributed by atoms with E-state index in [4.69, 9.17) is 11.6 Å². The first kappa shape index (κ1) is 14.0. The molecule has 0 bridgehead atoms. The molecule has 1 aromatic carbocycles. The molecule has 0 aliphatic rings. The van der Waals surface area contributed by atoms with E-state index in [1.54, 1.807) is 0 Å². The summed E-state index contributed by atoms with van der Waals surface area (Å²) in [5.41, 5.74) is 4.40. The van der Waals surface area contributed by atoms with Gasteiger partial charge >= 0.3 is 0 Å². The summed E-state index contributed by atoms with van der Waals surface area (Å²) in [7, 11) is 0. The molecule has 0 aliphatic carbocycles. The number of anilines is 1. The van der Waals surface area contributed by atoms with Gasteiger partial charge in [-0.25, -0.2) is 4.98 Å². The van der Waals surface area contributed by atoms with Gasteiger partial charge in [-0.3, -0.25) is 0 Å². The van der Waals surface area contributed by atoms with Crippen molar-refractivity contribution in [1.29, 1.82) is 0 Å². The van der Waals surface area contributed by atoms with Gasteiger partial charge in [0.1, 0.15) is 5.65 Å². The van der Waals surface area contributed by atoms with Gasteiger partial charge in [0.05, 0.1) is 17.3 Å². The van der Waals surface area contributed by atoms with Crippen LogP contribution in [0.2, 0.25) is 5.02 Å². The molecule has 0 spiro atoms. The molecule has 108 valence electrons. The van der Waals surface area contributed by atoms with E-state index >= 15 is 0 Å². The molecule has 3 rings (SSSR count). The predicted octanol–water partition coefficient (Wildman–Crippen LogP) is 4.55. The van der Waals surface area contributed by atoms with Crippen molar-refractivity contribution in [2.45, 2.75) is 26.3 Å². The quantitative estimate of drug-likeness (QED) is 0.749. The lowest BCUT2D eigenvalue weighted by Crippen LogP contribution is -1.99. The van der Waals surface area contributed by atoms with Crippen molar-refractivity contribution in [2.75, 3.05) is 5.32 Å². The van der Waals surface area contributed by atoms with Crippen molar-refractivity contribution in [2.24, 2.45) is 0 Å². The summed E-state index contributed by atoms with van der Waals surface area (Å²) in [5.74, 6) is 0. The Morgan fingerprint density at radius 3 is 2.67 bits per heavy atom. The highest BCUT2D eigenvalue weighted by molar-refractivity contribution is 6.30. The molecule has 2 aromatic heterocycles. The number of aromatic nitrogens is 2. The molecule has 0 saturated carbocycles. The van der Waals surface area contributed by atoms with Crippen molar-refractivity contribution >= 4 is 22.9 Å². The predicted molar refractivity (Wildman–Crippen MR) is 88.0 cm³/mol. The molecule has 3 aromatic rings. The van der Waals surface area contributed by atoms with E-state index in [0.717, 1.165) is 23.4 Å². The summed E-state index contributed by atoms with van der Waals surface area (Å²) in [4.78, 5) is 4.56. The largest absolute Gasteiger partial charge is 0.379 e. The first-order valence-corrected chi connectivity index (χ1v) is 7.58. The molecular formula is C17H18ClN3. The lowest BCUT2D eigenvalue weighted by atomic mass is 10.1. The van der Waals surface area contributed by atoms with Crippen LogP contribution in [0.1, 0.15) is 24.6 Å². The Morgan fingerprint density at radius 1 is 1.10 bits per heavy atom. The Balaban J connectivity index is 1.68. The van der Waals surface area contributed by atoms with E-state index < -0.39 is 0 Å². The topological polar surface area (TPSA) is 29.3 Å². The molecule has 0 aliphatic heterocycles. The maximum Gasteiger partial charge on any atom is 0.137 e. The average molecular weight is 300 g/mol. The summed E-state index contributed by atoms with van der Waals surface area (Å²) in [6.07, 6.45) is 6.18. The summed E-state index contributed by atoms with van der Waals surface area (Å²) >= 11 is 5.98. The Hall–Kier alpha value is -2.00. The van der Waals surface area contributed by atoms with Gasteiger partial charge in [-0.1, -0.05) is 37.1 Å². The standard InChI is InChI=1S/C17H18ClN3/c1-2-3-13-4-7-15(8-5-13)19-10-16-12-21-11-14(18)6-9-17(21)20-16/h4-9,11-12,19H,2-3,10H2,1H3. The number of hydrogen-bond acceptors (Lipinski definition) is 2. The van der Waals surface area contributed by atoms with Crippen LogP contribution < -0.4 is 5.32 Å². The molecule has 0 unspecified atom stereocenters. The van der Waals surface area contributed by atoms with E-state index in [0.29, 0.717) is 11.6 Å². The van der Waals surface area contributed by atoms with Gasteiger partial charge in [0, 0.05) is 18.1 Å². The number of halogens is 1. The second-order valence-electron chi connectivity index (χ2n) is 5.15. The van der Waals surface area contributed by atoms with Crippen molar-refractivity contribution in [3.05, 3.63) is 65.1 Å². The number of nitrogens with one attached hydrogen (secondary N) is 1. The van der Waals surface area contributed by atoms with Crippen molar-refractivity contribution < 1.29 is 0 Å². The third-order valence-corrected chi connectivity index (χ3v) is 3.65. The highest BCUT2D eigenvalue weighted by Gasteiger charge is 2.02. The number of benzene rings is 1. The van der Waals surface area contributed by atoms with Gasteiger partial charge in [-0.15, -0.1) is 0 Å². The second-order valence-corrected chi connectivity index (χ2v) is 5.58. The van der Waals surface area contributed by atoms with E-state index in [-0.39, 0.29) is 0 Å². The lowest BCUT2D eigenvalue weighted by Gasteiger charge is -2.05. The number of nitrogens with zero attached hydrogens (tertiary/aromatic N) is 2. The number of imidazole rings is 1. The van der Waals surface area contributed by atoms with Crippen LogP contribution in [0.3, 0.4) is 0 Å². The molecule has 0 amide bonds. The third kappa shape index (κ3) is 3.37. The van der Waals surface area contributed by atoms with Crippen LogP contribution in [0.25, 0.3) is 5.65 Å². The van der Waals surface area contributed by atoms with E-state index in [1.165, 1.54) is 12.0 Å². The Morgan fingerprint density at radius 2 is 1.90 bits per heavy atom. The molecule has 1 N–H and O–H groups in total. The molecule has 21 heavy (non-hydrogen) atoms. The van der Waals surface area contributed by atoms with Crippen LogP contribution in [-0.2, 0) is 13.0 Å². The van der Waals surface area contributed by atoms with Crippen LogP contribution >= 0.6 is 11.6 Å². The molecule has 4 heteroatoms. The number of fused-ring (bicyclic) bond motifs is 1. The van der Waals surface area contributed by atoms with E-state index in [1.807, 2.05) is 28.9 Å². The third-order valence-electron chi connectivity index (χ3n) is 3.43. The fraction of sp³-hybridized carbons (Fsp3) is 0.235. The van der Waals surface area contributed by atoms with Crippen LogP contribution in [0.4, 0.5) is 5.69 Å². The second kappa shape index (κ2) is 6.19. The first-order chi connectivity index (χ1) is 10.2. The van der Waals surface area contributed by atoms with Crippen LogP contribution in [-0.4, -0.2) is 9.38 Å². The first-order valence-electron chi connectivity index (χ1n) is 7.20. The molecule has 2 heterocycles. The van der Waals surface area contributed by atoms with Crippen LogP contribution in [0, 0.1) is 0 Å². The maximum atomic E-state index is 5.98. The number of hydrogen-bond donors (Lipinski definition) is 1. The van der Waals surface area contributed by atoms with Gasteiger partial charge < -0.3 is 9.72 Å². The number of rotatable bonds is 5. The van der Waals surface area contributed by atoms with Gasteiger partial charge in [0.15, 0.2) is 0 Å². The fourth-order valence-corrected chi connectivity index (χ4v) is 2.54. The Bertz CT molecular complexity index is 731. The maximum absolute atomic E-state index is 5.98. The Labute approximate surface area is 129 Å². The zero-order valence-corrected chi connectivity index (χ0v) is 12.8. The highest BCUT2D eigenvalue weighted by atomic mass is 35.5. The minimum Gasteiger partial charge on any atom is -0.379 e. The monoisotopic (exact) mass is 299 g/mol. The van der Waals surface area contributed by atoms with Gasteiger partial charge in [0.2, 0.25) is 0 Å². The lowest BCUT2D eigenvalue weighted by molar-refractivity contribution is 0.922. The molecule has 0 radical (unpaired) electrons. The van der Waals surface area contributed by atoms with Gasteiger partial charge in [-0.2, -0.15) is 0 Å². The summed E-state index contributed by atoms with van der Waals surface area (Å²) < 4.78 is 1.95. The minimum atomic E-state index is 0.701. The molecule has 0 fully saturated rings. The number of pyridine rings is 1. The number of aryl methyl sites for hydroxylation is 1. The SMILES string of the molecule is CCCc1ccc(NCc2cn3cc(Cl)ccc3n2)cc1. The van der Waals surface area contributed by atoms with Crippen molar-refractivity contribution in [1.82, 2.24) is 9.38 Å². The van der Waals surface area contributed by atoms with Gasteiger partial charge in [-0.05, 0) is 36.2 Å². The van der Waals surface area contributed by atoms with Crippen LogP contribution in [0.5, 0.6) is 0 Å². The normalized spacial score (nSPS) is 11.0. The summed E-state index contributed by atoms with van der Waals surface area (Å²) in [6, 6.07) is 12.4. The van der Waals surface area contributed by atoms with Crippen LogP contribution in [0.15, 0.2) is 48.8 Å². The zero-order valence-electron chi connectivity index (χ0n) is 12.0. The highest BCUT2D eigenvalue weighted by Crippen LogP contribution is 2.14.